The molecule has 32 heavy (non-hydrogen) atoms. The van der Waals surface area contributed by atoms with Crippen LogP contribution in [-0.2, 0) is 14.4 Å². The molecule has 3 amide bonds. The number of likely N-dealkylation sites (tertiary alicyclic amines) is 1. The lowest BCUT2D eigenvalue weighted by Gasteiger charge is -2.29. The van der Waals surface area contributed by atoms with Crippen molar-refractivity contribution in [3.05, 3.63) is 59.8 Å². The van der Waals surface area contributed by atoms with E-state index < -0.39 is 0 Å². The minimum Gasteiger partial charge on any atom is -0.378 e. The van der Waals surface area contributed by atoms with Gasteiger partial charge in [-0.05, 0) is 55.2 Å². The summed E-state index contributed by atoms with van der Waals surface area (Å²) in [5.74, 6) is -0.766. The Bertz CT molecular complexity index is 1080. The molecule has 0 saturated carbocycles. The molecule has 2 aliphatic heterocycles. The highest BCUT2D eigenvalue weighted by atomic mass is 16.2. The van der Waals surface area contributed by atoms with Gasteiger partial charge in [-0.15, -0.1) is 0 Å². The van der Waals surface area contributed by atoms with E-state index in [4.69, 9.17) is 0 Å². The molecular weight excluding hydrogens is 404 g/mol. The molecule has 2 aromatic carbocycles. The van der Waals surface area contributed by atoms with Gasteiger partial charge in [0.1, 0.15) is 5.70 Å². The van der Waals surface area contributed by atoms with Crippen molar-refractivity contribution in [2.45, 2.75) is 26.2 Å². The Balaban J connectivity index is 1.77. The number of hydrogen-bond donors (Lipinski definition) is 1. The lowest BCUT2D eigenvalue weighted by molar-refractivity contribution is -0.121. The summed E-state index contributed by atoms with van der Waals surface area (Å²) in [6, 6.07) is 14.5. The Kier molecular flexibility index (Phi) is 5.99. The molecule has 2 heterocycles. The smallest absolute Gasteiger partial charge is 0.282 e. The number of carbonyl (C=O) groups excluding carboxylic acids is 3. The van der Waals surface area contributed by atoms with E-state index in [1.165, 1.54) is 11.8 Å². The predicted octanol–water partition coefficient (Wildman–Crippen LogP) is 3.48. The van der Waals surface area contributed by atoms with E-state index in [2.05, 4.69) is 10.2 Å². The first-order chi connectivity index (χ1) is 15.4. The van der Waals surface area contributed by atoms with Crippen molar-refractivity contribution in [3.63, 3.8) is 0 Å². The van der Waals surface area contributed by atoms with Crippen LogP contribution in [0.25, 0.3) is 5.57 Å². The van der Waals surface area contributed by atoms with Crippen LogP contribution in [0.15, 0.2) is 54.2 Å². The number of rotatable bonds is 5. The molecule has 4 rings (SSSR count). The maximum Gasteiger partial charge on any atom is 0.282 e. The molecule has 0 bridgehead atoms. The van der Waals surface area contributed by atoms with E-state index in [1.807, 2.05) is 37.2 Å². The van der Waals surface area contributed by atoms with Crippen LogP contribution in [-0.4, -0.2) is 49.8 Å². The fourth-order valence-corrected chi connectivity index (χ4v) is 4.26. The molecule has 1 saturated heterocycles. The summed E-state index contributed by atoms with van der Waals surface area (Å²) in [6.07, 6.45) is 3.12. The van der Waals surface area contributed by atoms with Crippen LogP contribution in [0.1, 0.15) is 31.7 Å². The van der Waals surface area contributed by atoms with E-state index in [1.54, 1.807) is 30.3 Å². The van der Waals surface area contributed by atoms with Gasteiger partial charge in [0, 0.05) is 45.5 Å². The molecule has 0 atom stereocenters. The van der Waals surface area contributed by atoms with Crippen LogP contribution >= 0.6 is 0 Å². The number of benzene rings is 2. The molecule has 0 aliphatic carbocycles. The first-order valence-electron chi connectivity index (χ1n) is 10.9. The number of hydrogen-bond acceptors (Lipinski definition) is 5. The summed E-state index contributed by atoms with van der Waals surface area (Å²) in [4.78, 5) is 43.9. The van der Waals surface area contributed by atoms with Gasteiger partial charge in [-0.2, -0.15) is 0 Å². The van der Waals surface area contributed by atoms with Crippen LogP contribution in [0.3, 0.4) is 0 Å². The number of piperidine rings is 1. The molecule has 1 N–H and O–H groups in total. The normalized spacial score (nSPS) is 16.6. The lowest BCUT2D eigenvalue weighted by Crippen LogP contribution is -2.37. The van der Waals surface area contributed by atoms with Crippen LogP contribution in [0.5, 0.6) is 0 Å². The zero-order valence-electron chi connectivity index (χ0n) is 18.7. The van der Waals surface area contributed by atoms with E-state index >= 15 is 0 Å². The minimum atomic E-state index is -0.321. The van der Waals surface area contributed by atoms with E-state index in [-0.39, 0.29) is 17.7 Å². The SMILES string of the molecule is CC(=O)Nc1ccc(C2=C(N3CCCCC3)C(=O)N(c3cccc(N(C)C)c3)C2=O)cc1. The van der Waals surface area contributed by atoms with Crippen LogP contribution < -0.4 is 15.1 Å². The van der Waals surface area contributed by atoms with Crippen molar-refractivity contribution in [3.8, 4) is 0 Å². The molecule has 7 nitrogen and oxygen atoms in total. The largest absolute Gasteiger partial charge is 0.378 e. The summed E-state index contributed by atoms with van der Waals surface area (Å²) in [5, 5.41) is 2.74. The summed E-state index contributed by atoms with van der Waals surface area (Å²) >= 11 is 0. The molecule has 0 unspecified atom stereocenters. The highest BCUT2D eigenvalue weighted by Crippen LogP contribution is 2.37. The fraction of sp³-hybridized carbons (Fsp3) is 0.320. The first-order valence-corrected chi connectivity index (χ1v) is 10.9. The predicted molar refractivity (Wildman–Crippen MR) is 126 cm³/mol. The zero-order chi connectivity index (χ0) is 22.8. The highest BCUT2D eigenvalue weighted by Gasteiger charge is 2.42. The number of imide groups is 1. The monoisotopic (exact) mass is 432 g/mol. The second-order valence-corrected chi connectivity index (χ2v) is 8.39. The quantitative estimate of drug-likeness (QED) is 0.733. The summed E-state index contributed by atoms with van der Waals surface area (Å²) in [6.45, 7) is 2.96. The van der Waals surface area contributed by atoms with Gasteiger partial charge in [-0.3, -0.25) is 14.4 Å². The average molecular weight is 433 g/mol. The molecular formula is C25H28N4O3. The molecule has 2 aromatic rings. The molecule has 0 spiro atoms. The fourth-order valence-electron chi connectivity index (χ4n) is 4.26. The van der Waals surface area contributed by atoms with E-state index in [0.29, 0.717) is 28.2 Å². The van der Waals surface area contributed by atoms with Crippen molar-refractivity contribution in [1.82, 2.24) is 4.90 Å². The van der Waals surface area contributed by atoms with Gasteiger partial charge < -0.3 is 15.1 Å². The number of carbonyl (C=O) groups is 3. The third-order valence-electron chi connectivity index (χ3n) is 5.83. The molecule has 166 valence electrons. The highest BCUT2D eigenvalue weighted by molar-refractivity contribution is 6.45. The molecule has 2 aliphatic rings. The second-order valence-electron chi connectivity index (χ2n) is 8.39. The Labute approximate surface area is 188 Å². The van der Waals surface area contributed by atoms with Gasteiger partial charge in [0.2, 0.25) is 5.91 Å². The van der Waals surface area contributed by atoms with E-state index in [9.17, 15) is 14.4 Å². The summed E-state index contributed by atoms with van der Waals surface area (Å²) in [5.41, 5.74) is 3.68. The van der Waals surface area contributed by atoms with Gasteiger partial charge in [-0.1, -0.05) is 18.2 Å². The maximum absolute atomic E-state index is 13.7. The third-order valence-corrected chi connectivity index (χ3v) is 5.83. The van der Waals surface area contributed by atoms with Crippen molar-refractivity contribution in [2.24, 2.45) is 0 Å². The number of anilines is 3. The van der Waals surface area contributed by atoms with Gasteiger partial charge >= 0.3 is 0 Å². The lowest BCUT2D eigenvalue weighted by atomic mass is 10.0. The third kappa shape index (κ3) is 4.10. The topological polar surface area (TPSA) is 73.0 Å². The van der Waals surface area contributed by atoms with Gasteiger partial charge in [0.15, 0.2) is 0 Å². The zero-order valence-corrected chi connectivity index (χ0v) is 18.7. The standard InChI is InChI=1S/C25H28N4O3/c1-17(30)26-19-12-10-18(11-13-19)22-23(28-14-5-4-6-15-28)25(32)29(24(22)31)21-9-7-8-20(16-21)27(2)3/h7-13,16H,4-6,14-15H2,1-3H3,(H,26,30). The Morgan fingerprint density at radius 1 is 0.938 bits per heavy atom. The molecule has 0 aromatic heterocycles. The Morgan fingerprint density at radius 2 is 1.62 bits per heavy atom. The summed E-state index contributed by atoms with van der Waals surface area (Å²) in [7, 11) is 3.85. The maximum atomic E-state index is 13.7. The summed E-state index contributed by atoms with van der Waals surface area (Å²) < 4.78 is 0. The van der Waals surface area contributed by atoms with Crippen LogP contribution in [0.4, 0.5) is 17.1 Å². The van der Waals surface area contributed by atoms with Crippen molar-refractivity contribution in [2.75, 3.05) is 42.3 Å². The Hall–Kier alpha value is -3.61. The van der Waals surface area contributed by atoms with Crippen molar-refractivity contribution in [1.29, 1.82) is 0 Å². The molecule has 0 radical (unpaired) electrons. The van der Waals surface area contributed by atoms with Crippen molar-refractivity contribution >= 4 is 40.4 Å². The minimum absolute atomic E-state index is 0.162. The number of nitrogens with zero attached hydrogens (tertiary/aromatic N) is 3. The van der Waals surface area contributed by atoms with Crippen molar-refractivity contribution < 1.29 is 14.4 Å². The van der Waals surface area contributed by atoms with Crippen LogP contribution in [0.2, 0.25) is 0 Å². The number of nitrogens with one attached hydrogen (secondary N) is 1. The Morgan fingerprint density at radius 3 is 2.25 bits per heavy atom. The second kappa shape index (κ2) is 8.86. The van der Waals surface area contributed by atoms with E-state index in [0.717, 1.165) is 38.0 Å². The molecule has 1 fully saturated rings. The first kappa shape index (κ1) is 21.6. The molecule has 7 heteroatoms. The van der Waals surface area contributed by atoms with Gasteiger partial charge in [0.25, 0.3) is 11.8 Å². The number of amides is 3. The van der Waals surface area contributed by atoms with Gasteiger partial charge in [-0.25, -0.2) is 4.90 Å². The average Bonchev–Trinajstić information content (AvgIpc) is 3.04. The van der Waals surface area contributed by atoms with Gasteiger partial charge in [0.05, 0.1) is 11.3 Å². The van der Waals surface area contributed by atoms with Crippen LogP contribution in [0, 0.1) is 0 Å².